The molecule has 1 aromatic rings. The minimum Gasteiger partial charge on any atom is -0.355 e. The predicted molar refractivity (Wildman–Crippen MR) is 73.9 cm³/mol. The van der Waals surface area contributed by atoms with Gasteiger partial charge in [0.1, 0.15) is 6.04 Å². The minimum atomic E-state index is -0.344. The van der Waals surface area contributed by atoms with Crippen molar-refractivity contribution in [3.8, 4) is 0 Å². The fourth-order valence-corrected chi connectivity index (χ4v) is 2.29. The zero-order valence-electron chi connectivity index (χ0n) is 11.1. The number of amides is 3. The van der Waals surface area contributed by atoms with E-state index >= 15 is 0 Å². The lowest BCUT2D eigenvalue weighted by Gasteiger charge is -2.24. The van der Waals surface area contributed by atoms with E-state index in [1.54, 1.807) is 4.90 Å². The highest BCUT2D eigenvalue weighted by Gasteiger charge is 2.33. The molecule has 3 amide bonds. The molecule has 1 saturated heterocycles. The van der Waals surface area contributed by atoms with Gasteiger partial charge in [0, 0.05) is 18.8 Å². The van der Waals surface area contributed by atoms with Crippen molar-refractivity contribution in [2.45, 2.75) is 25.8 Å². The molecule has 0 aliphatic carbocycles. The number of nitrogens with zero attached hydrogens (tertiary/aromatic N) is 1. The Morgan fingerprint density at radius 2 is 2.05 bits per heavy atom. The van der Waals surface area contributed by atoms with E-state index in [0.29, 0.717) is 13.1 Å². The summed E-state index contributed by atoms with van der Waals surface area (Å²) in [7, 11) is 0. The van der Waals surface area contributed by atoms with Crippen LogP contribution in [0.4, 0.5) is 10.5 Å². The summed E-state index contributed by atoms with van der Waals surface area (Å²) in [5, 5.41) is 5.59. The summed E-state index contributed by atoms with van der Waals surface area (Å²) in [4.78, 5) is 25.7. The summed E-state index contributed by atoms with van der Waals surface area (Å²) >= 11 is 0. The van der Waals surface area contributed by atoms with Crippen molar-refractivity contribution < 1.29 is 9.59 Å². The van der Waals surface area contributed by atoms with Gasteiger partial charge in [-0.1, -0.05) is 18.2 Å². The molecule has 102 valence electrons. The van der Waals surface area contributed by atoms with E-state index < -0.39 is 0 Å². The predicted octanol–water partition coefficient (Wildman–Crippen LogP) is 1.82. The van der Waals surface area contributed by atoms with Gasteiger partial charge in [-0.3, -0.25) is 4.79 Å². The van der Waals surface area contributed by atoms with Gasteiger partial charge in [-0.05, 0) is 31.9 Å². The number of hydrogen-bond donors (Lipinski definition) is 2. The van der Waals surface area contributed by atoms with Gasteiger partial charge in [-0.15, -0.1) is 0 Å². The van der Waals surface area contributed by atoms with Crippen molar-refractivity contribution in [2.75, 3.05) is 18.4 Å². The van der Waals surface area contributed by atoms with Crippen LogP contribution < -0.4 is 10.6 Å². The Labute approximate surface area is 113 Å². The Bertz CT molecular complexity index is 447. The van der Waals surface area contributed by atoms with E-state index in [1.807, 2.05) is 37.3 Å². The Morgan fingerprint density at radius 1 is 1.32 bits per heavy atom. The molecule has 0 radical (unpaired) electrons. The van der Waals surface area contributed by atoms with Crippen molar-refractivity contribution in [3.63, 3.8) is 0 Å². The summed E-state index contributed by atoms with van der Waals surface area (Å²) in [6.07, 6.45) is 1.60. The number of urea groups is 1. The molecule has 0 unspecified atom stereocenters. The number of anilines is 1. The smallest absolute Gasteiger partial charge is 0.322 e. The standard InChI is InChI=1S/C14H19N3O2/c1-2-15-13(18)12-9-6-10-17(12)14(19)16-11-7-4-3-5-8-11/h3-5,7-8,12H,2,6,9-10H2,1H3,(H,15,18)(H,16,19)/t12-/m0/s1. The van der Waals surface area contributed by atoms with Gasteiger partial charge in [-0.2, -0.15) is 0 Å². The Morgan fingerprint density at radius 3 is 2.74 bits per heavy atom. The summed E-state index contributed by atoms with van der Waals surface area (Å²) in [5.41, 5.74) is 0.744. The van der Waals surface area contributed by atoms with Gasteiger partial charge >= 0.3 is 6.03 Å². The molecule has 0 aromatic heterocycles. The van der Waals surface area contributed by atoms with E-state index in [1.165, 1.54) is 0 Å². The van der Waals surface area contributed by atoms with E-state index in [0.717, 1.165) is 18.5 Å². The highest BCUT2D eigenvalue weighted by molar-refractivity contribution is 5.94. The van der Waals surface area contributed by atoms with Gasteiger partial charge in [0.2, 0.25) is 5.91 Å². The van der Waals surface area contributed by atoms with Crippen LogP contribution in [0.2, 0.25) is 0 Å². The molecule has 2 N–H and O–H groups in total. The highest BCUT2D eigenvalue weighted by Crippen LogP contribution is 2.19. The molecule has 1 aliphatic heterocycles. The molecule has 0 saturated carbocycles. The molecule has 19 heavy (non-hydrogen) atoms. The van der Waals surface area contributed by atoms with Crippen LogP contribution in [0, 0.1) is 0 Å². The van der Waals surface area contributed by atoms with Crippen molar-refractivity contribution in [2.24, 2.45) is 0 Å². The molecule has 5 heteroatoms. The number of benzene rings is 1. The second kappa shape index (κ2) is 6.22. The lowest BCUT2D eigenvalue weighted by Crippen LogP contribution is -2.47. The average Bonchev–Trinajstić information content (AvgIpc) is 2.89. The molecule has 1 fully saturated rings. The first-order chi connectivity index (χ1) is 9.22. The largest absolute Gasteiger partial charge is 0.355 e. The van der Waals surface area contributed by atoms with Crippen molar-refractivity contribution in [1.82, 2.24) is 10.2 Å². The third-order valence-electron chi connectivity index (χ3n) is 3.19. The number of para-hydroxylation sites is 1. The molecule has 1 heterocycles. The maximum atomic E-state index is 12.2. The SMILES string of the molecule is CCNC(=O)[C@@H]1CCCN1C(=O)Nc1ccccc1. The first-order valence-corrected chi connectivity index (χ1v) is 6.62. The molecule has 1 atom stereocenters. The second-order valence-electron chi connectivity index (χ2n) is 4.54. The zero-order chi connectivity index (χ0) is 13.7. The topological polar surface area (TPSA) is 61.4 Å². The summed E-state index contributed by atoms with van der Waals surface area (Å²) in [6.45, 7) is 3.09. The third-order valence-corrected chi connectivity index (χ3v) is 3.19. The van der Waals surface area contributed by atoms with Gasteiger partial charge < -0.3 is 15.5 Å². The van der Waals surface area contributed by atoms with E-state index in [4.69, 9.17) is 0 Å². The average molecular weight is 261 g/mol. The van der Waals surface area contributed by atoms with Gasteiger partial charge in [0.05, 0.1) is 0 Å². The minimum absolute atomic E-state index is 0.0665. The summed E-state index contributed by atoms with van der Waals surface area (Å²) in [6, 6.07) is 8.72. The molecule has 1 aromatic carbocycles. The van der Waals surface area contributed by atoms with E-state index in [2.05, 4.69) is 10.6 Å². The molecular formula is C14H19N3O2. The van der Waals surface area contributed by atoms with E-state index in [9.17, 15) is 9.59 Å². The molecule has 5 nitrogen and oxygen atoms in total. The first-order valence-electron chi connectivity index (χ1n) is 6.62. The van der Waals surface area contributed by atoms with Crippen LogP contribution >= 0.6 is 0 Å². The van der Waals surface area contributed by atoms with Crippen molar-refractivity contribution >= 4 is 17.6 Å². The monoisotopic (exact) mass is 261 g/mol. The van der Waals surface area contributed by atoms with E-state index in [-0.39, 0.29) is 18.0 Å². The maximum absolute atomic E-state index is 12.2. The Balaban J connectivity index is 2.00. The number of likely N-dealkylation sites (N-methyl/N-ethyl adjacent to an activating group) is 1. The number of likely N-dealkylation sites (tertiary alicyclic amines) is 1. The fraction of sp³-hybridized carbons (Fsp3) is 0.429. The number of hydrogen-bond acceptors (Lipinski definition) is 2. The van der Waals surface area contributed by atoms with Gasteiger partial charge in [-0.25, -0.2) is 4.79 Å². The number of rotatable bonds is 3. The molecular weight excluding hydrogens is 242 g/mol. The second-order valence-corrected chi connectivity index (χ2v) is 4.54. The Kier molecular flexibility index (Phi) is 4.39. The third kappa shape index (κ3) is 3.24. The first kappa shape index (κ1) is 13.4. The van der Waals surface area contributed by atoms with Crippen LogP contribution in [0.5, 0.6) is 0 Å². The fourth-order valence-electron chi connectivity index (χ4n) is 2.29. The molecule has 1 aliphatic rings. The number of carbonyl (C=O) groups is 2. The lowest BCUT2D eigenvalue weighted by molar-refractivity contribution is -0.124. The maximum Gasteiger partial charge on any atom is 0.322 e. The van der Waals surface area contributed by atoms with Crippen molar-refractivity contribution in [3.05, 3.63) is 30.3 Å². The van der Waals surface area contributed by atoms with Crippen LogP contribution in [-0.4, -0.2) is 36.0 Å². The highest BCUT2D eigenvalue weighted by atomic mass is 16.2. The quantitative estimate of drug-likeness (QED) is 0.871. The Hall–Kier alpha value is -2.04. The lowest BCUT2D eigenvalue weighted by atomic mass is 10.2. The van der Waals surface area contributed by atoms with Crippen LogP contribution in [0.15, 0.2) is 30.3 Å². The van der Waals surface area contributed by atoms with Gasteiger partial charge in [0.25, 0.3) is 0 Å². The van der Waals surface area contributed by atoms with Crippen LogP contribution in [0.3, 0.4) is 0 Å². The normalized spacial score (nSPS) is 18.2. The molecule has 0 spiro atoms. The van der Waals surface area contributed by atoms with Crippen molar-refractivity contribution in [1.29, 1.82) is 0 Å². The molecule has 2 rings (SSSR count). The number of nitrogens with one attached hydrogen (secondary N) is 2. The molecule has 0 bridgehead atoms. The van der Waals surface area contributed by atoms with Crippen LogP contribution in [0.25, 0.3) is 0 Å². The number of carbonyl (C=O) groups excluding carboxylic acids is 2. The zero-order valence-corrected chi connectivity index (χ0v) is 11.1. The van der Waals surface area contributed by atoms with Gasteiger partial charge in [0.15, 0.2) is 0 Å². The summed E-state index contributed by atoms with van der Waals surface area (Å²) in [5.74, 6) is -0.0665. The van der Waals surface area contributed by atoms with Crippen LogP contribution in [0.1, 0.15) is 19.8 Å². The summed E-state index contributed by atoms with van der Waals surface area (Å²) < 4.78 is 0. The van der Waals surface area contributed by atoms with Crippen LogP contribution in [-0.2, 0) is 4.79 Å².